The van der Waals surface area contributed by atoms with E-state index in [9.17, 15) is 4.79 Å². The van der Waals surface area contributed by atoms with Crippen molar-refractivity contribution < 1.29 is 18.7 Å². The number of rotatable bonds is 8. The van der Waals surface area contributed by atoms with Gasteiger partial charge in [-0.05, 0) is 74.5 Å². The molecule has 0 aliphatic carbocycles. The normalized spacial score (nSPS) is 13.5. The van der Waals surface area contributed by atoms with Crippen molar-refractivity contribution in [2.45, 2.75) is 13.8 Å². The van der Waals surface area contributed by atoms with Gasteiger partial charge in [-0.15, -0.1) is 0 Å². The lowest BCUT2D eigenvalue weighted by Crippen LogP contribution is -2.44. The summed E-state index contributed by atoms with van der Waals surface area (Å²) in [7, 11) is 3.64. The first kappa shape index (κ1) is 27.9. The van der Waals surface area contributed by atoms with Crippen LogP contribution in [0, 0.1) is 19.7 Å². The number of likely N-dealkylation sites (N-methyl/N-ethyl adjacent to an activating group) is 1. The number of piperazine rings is 1. The Hall–Kier alpha value is -4.70. The van der Waals surface area contributed by atoms with Gasteiger partial charge in [-0.2, -0.15) is 4.98 Å². The largest absolute Gasteiger partial charge is 0.497 e. The minimum atomic E-state index is -0.417. The van der Waals surface area contributed by atoms with Gasteiger partial charge >= 0.3 is 0 Å². The average Bonchev–Trinajstić information content (AvgIpc) is 2.96. The smallest absolute Gasteiger partial charge is 0.262 e. The maximum Gasteiger partial charge on any atom is 0.262 e. The number of para-hydroxylation sites is 1. The summed E-state index contributed by atoms with van der Waals surface area (Å²) < 4.78 is 26.4. The zero-order valence-corrected chi connectivity index (χ0v) is 23.6. The molecule has 0 saturated carbocycles. The van der Waals surface area contributed by atoms with E-state index in [-0.39, 0.29) is 23.2 Å². The molecule has 10 heteroatoms. The number of anilines is 4. The lowest BCUT2D eigenvalue weighted by molar-refractivity contribution is 0.102. The summed E-state index contributed by atoms with van der Waals surface area (Å²) in [4.78, 5) is 26.5. The molecule has 4 aromatic rings. The predicted octanol–water partition coefficient (Wildman–Crippen LogP) is 5.78. The topological polar surface area (TPSA) is 91.9 Å². The highest BCUT2D eigenvalue weighted by atomic mass is 19.1. The predicted molar refractivity (Wildman–Crippen MR) is 158 cm³/mol. The third-order valence-electron chi connectivity index (χ3n) is 7.04. The Morgan fingerprint density at radius 2 is 1.63 bits per heavy atom. The summed E-state index contributed by atoms with van der Waals surface area (Å²) in [6.07, 6.45) is 1.39. The van der Waals surface area contributed by atoms with E-state index in [0.717, 1.165) is 37.3 Å². The Balaban J connectivity index is 1.41. The molecule has 1 aromatic heterocycles. The molecule has 1 saturated heterocycles. The monoisotopic (exact) mass is 556 g/mol. The molecule has 2 N–H and O–H groups in total. The molecule has 0 spiro atoms. The molecule has 5 rings (SSSR count). The molecule has 0 unspecified atom stereocenters. The number of carbonyl (C=O) groups is 1. The summed E-state index contributed by atoms with van der Waals surface area (Å²) in [5, 5.41) is 6.00. The van der Waals surface area contributed by atoms with Crippen molar-refractivity contribution in [3.8, 4) is 17.4 Å². The summed E-state index contributed by atoms with van der Waals surface area (Å²) in [5.74, 6) is 0.574. The third kappa shape index (κ3) is 6.55. The molecule has 2 heterocycles. The Kier molecular flexibility index (Phi) is 8.30. The van der Waals surface area contributed by atoms with Crippen LogP contribution in [0.5, 0.6) is 17.4 Å². The van der Waals surface area contributed by atoms with Crippen LogP contribution in [0.2, 0.25) is 0 Å². The molecule has 1 amide bonds. The van der Waals surface area contributed by atoms with Gasteiger partial charge < -0.3 is 29.9 Å². The molecule has 0 bridgehead atoms. The van der Waals surface area contributed by atoms with Gasteiger partial charge in [0, 0.05) is 43.8 Å². The number of carbonyl (C=O) groups excluding carboxylic acids is 1. The third-order valence-corrected chi connectivity index (χ3v) is 7.04. The van der Waals surface area contributed by atoms with Gasteiger partial charge in [0.05, 0.1) is 12.8 Å². The number of methoxy groups -OCH3 is 1. The molecule has 9 nitrogen and oxygen atoms in total. The van der Waals surface area contributed by atoms with Crippen molar-refractivity contribution in [1.82, 2.24) is 14.9 Å². The molecule has 212 valence electrons. The second-order valence-corrected chi connectivity index (χ2v) is 9.99. The lowest BCUT2D eigenvalue weighted by atomic mass is 10.1. The fourth-order valence-corrected chi connectivity index (χ4v) is 4.63. The molecular weight excluding hydrogens is 523 g/mol. The van der Waals surface area contributed by atoms with Crippen LogP contribution in [0.4, 0.5) is 27.4 Å². The van der Waals surface area contributed by atoms with Crippen LogP contribution in [0.15, 0.2) is 66.9 Å². The van der Waals surface area contributed by atoms with Crippen LogP contribution in [-0.4, -0.2) is 61.1 Å². The molecule has 0 radical (unpaired) electrons. The van der Waals surface area contributed by atoms with Crippen molar-refractivity contribution in [3.63, 3.8) is 0 Å². The van der Waals surface area contributed by atoms with Crippen molar-refractivity contribution in [3.05, 3.63) is 89.4 Å². The Morgan fingerprint density at radius 3 is 2.29 bits per heavy atom. The number of nitrogens with zero attached hydrogens (tertiary/aromatic N) is 4. The number of amides is 1. The summed E-state index contributed by atoms with van der Waals surface area (Å²) in [5.41, 5.74) is 3.75. The van der Waals surface area contributed by atoms with Crippen molar-refractivity contribution in [1.29, 1.82) is 0 Å². The van der Waals surface area contributed by atoms with Gasteiger partial charge in [0.1, 0.15) is 22.9 Å². The van der Waals surface area contributed by atoms with Gasteiger partial charge in [0.15, 0.2) is 0 Å². The molecule has 41 heavy (non-hydrogen) atoms. The minimum absolute atomic E-state index is 0.0472. The van der Waals surface area contributed by atoms with E-state index < -0.39 is 5.91 Å². The van der Waals surface area contributed by atoms with E-state index in [4.69, 9.17) is 9.47 Å². The van der Waals surface area contributed by atoms with E-state index in [1.807, 2.05) is 36.9 Å². The molecule has 1 aliphatic heterocycles. The fraction of sp³-hybridized carbons (Fsp3) is 0.258. The second-order valence-electron chi connectivity index (χ2n) is 9.99. The van der Waals surface area contributed by atoms with Gasteiger partial charge in [-0.1, -0.05) is 18.2 Å². The number of halogens is 1. The standard InChI is InChI=1S/C31H33FN6O3/c1-20-6-5-7-21(2)28(20)35-29(39)25-19-33-31(36-30(25)41-24-11-9-23(40-4)10-12-24)34-22-8-13-27(26(32)18-22)38-16-14-37(3)15-17-38/h5-13,18-19H,14-17H2,1-4H3,(H,35,39)(H,33,34,36). The van der Waals surface area contributed by atoms with Crippen LogP contribution in [0.1, 0.15) is 21.5 Å². The highest BCUT2D eigenvalue weighted by Crippen LogP contribution is 2.30. The van der Waals surface area contributed by atoms with Crippen molar-refractivity contribution >= 4 is 28.9 Å². The number of ether oxygens (including phenoxy) is 2. The first-order valence-electron chi connectivity index (χ1n) is 13.4. The molecule has 3 aromatic carbocycles. The quantitative estimate of drug-likeness (QED) is 0.282. The maximum atomic E-state index is 15.1. The van der Waals surface area contributed by atoms with Crippen LogP contribution in [0.25, 0.3) is 0 Å². The number of benzene rings is 3. The molecular formula is C31H33FN6O3. The Morgan fingerprint density at radius 1 is 0.951 bits per heavy atom. The number of hydrogen-bond acceptors (Lipinski definition) is 8. The van der Waals surface area contributed by atoms with Gasteiger partial charge in [-0.3, -0.25) is 4.79 Å². The highest BCUT2D eigenvalue weighted by molar-refractivity contribution is 6.06. The average molecular weight is 557 g/mol. The zero-order valence-electron chi connectivity index (χ0n) is 23.6. The van der Waals surface area contributed by atoms with E-state index >= 15 is 4.39 Å². The second kappa shape index (κ2) is 12.2. The van der Waals surface area contributed by atoms with E-state index in [1.165, 1.54) is 12.3 Å². The first-order chi connectivity index (χ1) is 19.8. The van der Waals surface area contributed by atoms with Crippen LogP contribution < -0.4 is 25.0 Å². The van der Waals surface area contributed by atoms with Crippen molar-refractivity contribution in [2.24, 2.45) is 0 Å². The number of aromatic nitrogens is 2. The Labute approximate surface area is 238 Å². The minimum Gasteiger partial charge on any atom is -0.497 e. The number of nitrogens with one attached hydrogen (secondary N) is 2. The van der Waals surface area contributed by atoms with E-state index in [0.29, 0.717) is 28.6 Å². The SMILES string of the molecule is COc1ccc(Oc2nc(Nc3ccc(N4CCN(C)CC4)c(F)c3)ncc2C(=O)Nc2c(C)cccc2C)cc1. The van der Waals surface area contributed by atoms with Crippen molar-refractivity contribution in [2.75, 3.05) is 55.9 Å². The first-order valence-corrected chi connectivity index (χ1v) is 13.4. The number of aryl methyl sites for hydroxylation is 2. The van der Waals surface area contributed by atoms with E-state index in [1.54, 1.807) is 43.5 Å². The van der Waals surface area contributed by atoms with Gasteiger partial charge in [0.2, 0.25) is 11.8 Å². The van der Waals surface area contributed by atoms with Crippen LogP contribution in [0.3, 0.4) is 0 Å². The fourth-order valence-electron chi connectivity index (χ4n) is 4.63. The molecule has 1 aliphatic rings. The lowest BCUT2D eigenvalue weighted by Gasteiger charge is -2.34. The van der Waals surface area contributed by atoms with Gasteiger partial charge in [0.25, 0.3) is 5.91 Å². The van der Waals surface area contributed by atoms with Crippen LogP contribution >= 0.6 is 0 Å². The highest BCUT2D eigenvalue weighted by Gasteiger charge is 2.20. The van der Waals surface area contributed by atoms with E-state index in [2.05, 4.69) is 32.5 Å². The summed E-state index contributed by atoms with van der Waals surface area (Å²) in [6, 6.07) is 17.7. The number of hydrogen-bond donors (Lipinski definition) is 2. The molecule has 1 fully saturated rings. The van der Waals surface area contributed by atoms with Gasteiger partial charge in [-0.25, -0.2) is 9.37 Å². The Bertz CT molecular complexity index is 1520. The zero-order chi connectivity index (χ0) is 28.9. The molecule has 0 atom stereocenters. The summed E-state index contributed by atoms with van der Waals surface area (Å²) in [6.45, 7) is 7.15. The van der Waals surface area contributed by atoms with Crippen LogP contribution in [-0.2, 0) is 0 Å². The maximum absolute atomic E-state index is 15.1. The summed E-state index contributed by atoms with van der Waals surface area (Å²) >= 11 is 0.